The van der Waals surface area contributed by atoms with Crippen LogP contribution >= 0.6 is 11.3 Å². The van der Waals surface area contributed by atoms with E-state index in [1.165, 1.54) is 0 Å². The average molecular weight is 283 g/mol. The number of aliphatic hydroxyl groups excluding tert-OH is 1. The summed E-state index contributed by atoms with van der Waals surface area (Å²) in [6.45, 7) is 4.76. The number of carbonyl (C=O) groups excluding carboxylic acids is 1. The molecule has 0 aliphatic heterocycles. The van der Waals surface area contributed by atoms with Gasteiger partial charge in [-0.25, -0.2) is 0 Å². The van der Waals surface area contributed by atoms with Gasteiger partial charge >= 0.3 is 0 Å². The van der Waals surface area contributed by atoms with Crippen molar-refractivity contribution in [2.45, 2.75) is 52.1 Å². The minimum absolute atomic E-state index is 0.133. The largest absolute Gasteiger partial charge is 0.388 e. The van der Waals surface area contributed by atoms with E-state index in [0.29, 0.717) is 13.0 Å². The summed E-state index contributed by atoms with van der Waals surface area (Å²) in [5.74, 6) is 0.273. The summed E-state index contributed by atoms with van der Waals surface area (Å²) in [6.07, 6.45) is 4.08. The van der Waals surface area contributed by atoms with Gasteiger partial charge in [0.25, 0.3) is 0 Å². The highest BCUT2D eigenvalue weighted by Gasteiger charge is 2.16. The molecule has 4 heteroatoms. The van der Waals surface area contributed by atoms with Crippen LogP contribution in [0, 0.1) is 5.92 Å². The van der Waals surface area contributed by atoms with Gasteiger partial charge in [0, 0.05) is 12.5 Å². The fourth-order valence-electron chi connectivity index (χ4n) is 2.21. The molecule has 0 fully saturated rings. The zero-order valence-electron chi connectivity index (χ0n) is 11.9. The Balaban J connectivity index is 2.29. The van der Waals surface area contributed by atoms with Crippen LogP contribution in [0.3, 0.4) is 0 Å². The van der Waals surface area contributed by atoms with Gasteiger partial charge in [-0.2, -0.15) is 11.3 Å². The lowest BCUT2D eigenvalue weighted by Gasteiger charge is -2.16. The van der Waals surface area contributed by atoms with Crippen molar-refractivity contribution in [1.82, 2.24) is 5.32 Å². The van der Waals surface area contributed by atoms with Crippen LogP contribution in [-0.2, 0) is 4.79 Å². The third-order valence-corrected chi connectivity index (χ3v) is 3.99. The van der Waals surface area contributed by atoms with E-state index in [0.717, 1.165) is 31.2 Å². The van der Waals surface area contributed by atoms with Crippen molar-refractivity contribution in [3.05, 3.63) is 22.4 Å². The molecule has 1 aromatic heterocycles. The van der Waals surface area contributed by atoms with Crippen molar-refractivity contribution in [2.24, 2.45) is 5.92 Å². The quantitative estimate of drug-likeness (QED) is 0.728. The van der Waals surface area contributed by atoms with Crippen molar-refractivity contribution in [2.75, 3.05) is 6.54 Å². The lowest BCUT2D eigenvalue weighted by molar-refractivity contribution is -0.125. The first-order chi connectivity index (χ1) is 9.19. The number of hydrogen-bond acceptors (Lipinski definition) is 3. The molecule has 1 amide bonds. The zero-order valence-corrected chi connectivity index (χ0v) is 12.7. The van der Waals surface area contributed by atoms with Crippen LogP contribution in [0.4, 0.5) is 0 Å². The molecule has 0 saturated heterocycles. The molecule has 0 saturated carbocycles. The Hall–Kier alpha value is -0.870. The lowest BCUT2D eigenvalue weighted by atomic mass is 9.97. The Bertz CT molecular complexity index is 345. The van der Waals surface area contributed by atoms with Crippen LogP contribution in [0.15, 0.2) is 16.8 Å². The normalized spacial score (nSPS) is 12.6. The summed E-state index contributed by atoms with van der Waals surface area (Å²) in [5, 5.41) is 16.8. The molecule has 0 aliphatic carbocycles. The number of rotatable bonds is 9. The standard InChI is InChI=1S/C15H25NO2S/c1-3-5-12(6-4-2)15(18)16-9-7-14(17)13-8-10-19-11-13/h8,10-12,14,17H,3-7,9H2,1-2H3,(H,16,18). The highest BCUT2D eigenvalue weighted by atomic mass is 32.1. The zero-order chi connectivity index (χ0) is 14.1. The van der Waals surface area contributed by atoms with E-state index in [1.54, 1.807) is 11.3 Å². The molecule has 0 aliphatic rings. The van der Waals surface area contributed by atoms with Gasteiger partial charge in [-0.1, -0.05) is 26.7 Å². The van der Waals surface area contributed by atoms with Gasteiger partial charge in [0.15, 0.2) is 0 Å². The second-order valence-corrected chi connectivity index (χ2v) is 5.71. The third-order valence-electron chi connectivity index (χ3n) is 3.29. The summed E-state index contributed by atoms with van der Waals surface area (Å²) in [4.78, 5) is 12.0. The smallest absolute Gasteiger partial charge is 0.223 e. The minimum atomic E-state index is -0.470. The molecule has 2 N–H and O–H groups in total. The van der Waals surface area contributed by atoms with Gasteiger partial charge in [0.05, 0.1) is 6.10 Å². The lowest BCUT2D eigenvalue weighted by Crippen LogP contribution is -2.32. The van der Waals surface area contributed by atoms with Crippen molar-refractivity contribution in [3.63, 3.8) is 0 Å². The number of carbonyl (C=O) groups is 1. The summed E-state index contributed by atoms with van der Waals surface area (Å²) in [5.41, 5.74) is 0.943. The molecule has 0 spiro atoms. The number of hydrogen-bond donors (Lipinski definition) is 2. The molecule has 3 nitrogen and oxygen atoms in total. The SMILES string of the molecule is CCCC(CCC)C(=O)NCCC(O)c1ccsc1. The van der Waals surface area contributed by atoms with E-state index >= 15 is 0 Å². The van der Waals surface area contributed by atoms with Gasteiger partial charge in [0.1, 0.15) is 0 Å². The van der Waals surface area contributed by atoms with Gasteiger partial charge in [-0.05, 0) is 41.7 Å². The van der Waals surface area contributed by atoms with Crippen molar-refractivity contribution < 1.29 is 9.90 Å². The van der Waals surface area contributed by atoms with Gasteiger partial charge in [-0.15, -0.1) is 0 Å². The van der Waals surface area contributed by atoms with Gasteiger partial charge in [-0.3, -0.25) is 4.79 Å². The van der Waals surface area contributed by atoms with Crippen LogP contribution < -0.4 is 5.32 Å². The first kappa shape index (κ1) is 16.2. The van der Waals surface area contributed by atoms with Crippen molar-refractivity contribution in [3.8, 4) is 0 Å². The van der Waals surface area contributed by atoms with E-state index in [1.807, 2.05) is 16.8 Å². The second kappa shape index (κ2) is 9.10. The van der Waals surface area contributed by atoms with E-state index in [9.17, 15) is 9.90 Å². The second-order valence-electron chi connectivity index (χ2n) is 4.93. The summed E-state index contributed by atoms with van der Waals surface area (Å²) < 4.78 is 0. The maximum absolute atomic E-state index is 12.0. The molecule has 0 bridgehead atoms. The highest BCUT2D eigenvalue weighted by molar-refractivity contribution is 7.07. The molecule has 108 valence electrons. The van der Waals surface area contributed by atoms with Crippen molar-refractivity contribution in [1.29, 1.82) is 0 Å². The average Bonchev–Trinajstić information content (AvgIpc) is 2.92. The summed E-state index contributed by atoms with van der Waals surface area (Å²) >= 11 is 1.58. The maximum atomic E-state index is 12.0. The van der Waals surface area contributed by atoms with Crippen LogP contribution in [0.5, 0.6) is 0 Å². The first-order valence-corrected chi connectivity index (χ1v) is 8.11. The predicted molar refractivity (Wildman–Crippen MR) is 80.2 cm³/mol. The van der Waals surface area contributed by atoms with E-state index in [2.05, 4.69) is 19.2 Å². The minimum Gasteiger partial charge on any atom is -0.388 e. The molecule has 0 radical (unpaired) electrons. The predicted octanol–water partition coefficient (Wildman–Crippen LogP) is 3.50. The van der Waals surface area contributed by atoms with E-state index in [4.69, 9.17) is 0 Å². The Morgan fingerprint density at radius 1 is 1.32 bits per heavy atom. The van der Waals surface area contributed by atoms with E-state index in [-0.39, 0.29) is 11.8 Å². The number of nitrogens with one attached hydrogen (secondary N) is 1. The Labute approximate surface area is 120 Å². The molecule has 1 heterocycles. The highest BCUT2D eigenvalue weighted by Crippen LogP contribution is 2.19. The number of thiophene rings is 1. The monoisotopic (exact) mass is 283 g/mol. The molecule has 0 aromatic carbocycles. The Morgan fingerprint density at radius 2 is 2.00 bits per heavy atom. The molecule has 1 aromatic rings. The van der Waals surface area contributed by atoms with Gasteiger partial charge in [0.2, 0.25) is 5.91 Å². The Morgan fingerprint density at radius 3 is 2.53 bits per heavy atom. The molecule has 19 heavy (non-hydrogen) atoms. The molecular weight excluding hydrogens is 258 g/mol. The first-order valence-electron chi connectivity index (χ1n) is 7.16. The van der Waals surface area contributed by atoms with Crippen molar-refractivity contribution >= 4 is 17.2 Å². The number of amides is 1. The molecule has 1 rings (SSSR count). The fourth-order valence-corrected chi connectivity index (χ4v) is 2.92. The Kier molecular flexibility index (Phi) is 7.75. The number of aliphatic hydroxyl groups is 1. The van der Waals surface area contributed by atoms with Gasteiger partial charge < -0.3 is 10.4 Å². The third kappa shape index (κ3) is 5.74. The maximum Gasteiger partial charge on any atom is 0.223 e. The van der Waals surface area contributed by atoms with Crippen LogP contribution in [-0.4, -0.2) is 17.6 Å². The molecule has 1 unspecified atom stereocenters. The van der Waals surface area contributed by atoms with Crippen LogP contribution in [0.1, 0.15) is 57.6 Å². The van der Waals surface area contributed by atoms with Crippen LogP contribution in [0.2, 0.25) is 0 Å². The van der Waals surface area contributed by atoms with E-state index < -0.39 is 6.10 Å². The molecular formula is C15H25NO2S. The molecule has 1 atom stereocenters. The summed E-state index contributed by atoms with van der Waals surface area (Å²) in [6, 6.07) is 1.92. The summed E-state index contributed by atoms with van der Waals surface area (Å²) in [7, 11) is 0. The fraction of sp³-hybridized carbons (Fsp3) is 0.667. The van der Waals surface area contributed by atoms with Crippen LogP contribution in [0.25, 0.3) is 0 Å². The topological polar surface area (TPSA) is 49.3 Å².